The lowest BCUT2D eigenvalue weighted by Crippen LogP contribution is -2.37. The number of benzene rings is 2. The van der Waals surface area contributed by atoms with E-state index in [0.29, 0.717) is 18.5 Å². The van der Waals surface area contributed by atoms with Crippen molar-refractivity contribution in [2.75, 3.05) is 37.6 Å². The average Bonchev–Trinajstić information content (AvgIpc) is 3.22. The summed E-state index contributed by atoms with van der Waals surface area (Å²) in [7, 11) is 0. The van der Waals surface area contributed by atoms with Crippen molar-refractivity contribution >= 4 is 17.5 Å². The van der Waals surface area contributed by atoms with Crippen LogP contribution in [0.15, 0.2) is 42.5 Å². The second kappa shape index (κ2) is 9.43. The molecule has 2 aromatic rings. The van der Waals surface area contributed by atoms with Crippen molar-refractivity contribution in [3.05, 3.63) is 53.6 Å². The Hall–Kier alpha value is -2.66. The number of hydrogen-bond acceptors (Lipinski definition) is 3. The number of piperidine rings is 1. The predicted molar refractivity (Wildman–Crippen MR) is 121 cm³/mol. The van der Waals surface area contributed by atoms with Crippen LogP contribution in [-0.4, -0.2) is 49.4 Å². The molecule has 1 N–H and O–H groups in total. The molecule has 5 nitrogen and oxygen atoms in total. The first-order valence-corrected chi connectivity index (χ1v) is 11.2. The summed E-state index contributed by atoms with van der Waals surface area (Å²) in [5, 5.41) is 3.04. The Balaban J connectivity index is 1.36. The molecule has 4 rings (SSSR count). The van der Waals surface area contributed by atoms with Gasteiger partial charge >= 0.3 is 0 Å². The Kier molecular flexibility index (Phi) is 6.48. The topological polar surface area (TPSA) is 52.7 Å². The highest BCUT2D eigenvalue weighted by molar-refractivity contribution is 5.96. The molecule has 1 fully saturated rings. The molecule has 2 aromatic carbocycles. The lowest BCUT2D eigenvalue weighted by molar-refractivity contribution is -0.118. The smallest absolute Gasteiger partial charge is 0.251 e. The van der Waals surface area contributed by atoms with Crippen LogP contribution in [0.5, 0.6) is 0 Å². The summed E-state index contributed by atoms with van der Waals surface area (Å²) in [6, 6.07) is 14.1. The van der Waals surface area contributed by atoms with E-state index >= 15 is 0 Å². The maximum Gasteiger partial charge on any atom is 0.251 e. The van der Waals surface area contributed by atoms with Gasteiger partial charge in [-0.15, -0.1) is 0 Å². The Morgan fingerprint density at radius 1 is 0.933 bits per heavy atom. The summed E-state index contributed by atoms with van der Waals surface area (Å²) >= 11 is 0. The van der Waals surface area contributed by atoms with Crippen LogP contribution in [0.3, 0.4) is 0 Å². The number of anilines is 1. The minimum Gasteiger partial charge on any atom is -0.351 e. The fourth-order valence-electron chi connectivity index (χ4n) is 4.46. The van der Waals surface area contributed by atoms with Gasteiger partial charge in [0, 0.05) is 37.3 Å². The van der Waals surface area contributed by atoms with Crippen LogP contribution < -0.4 is 10.2 Å². The molecule has 0 aromatic heterocycles. The molecule has 2 aliphatic heterocycles. The summed E-state index contributed by atoms with van der Waals surface area (Å²) in [4.78, 5) is 28.8. The fourth-order valence-corrected chi connectivity index (χ4v) is 4.46. The maximum atomic E-state index is 12.4. The first-order chi connectivity index (χ1) is 14.7. The van der Waals surface area contributed by atoms with E-state index in [9.17, 15) is 9.59 Å². The number of carbonyl (C=O) groups excluding carboxylic acids is 2. The van der Waals surface area contributed by atoms with Crippen LogP contribution in [0.2, 0.25) is 0 Å². The lowest BCUT2D eigenvalue weighted by Gasteiger charge is -2.26. The number of nitrogens with one attached hydrogen (secondary N) is 1. The Morgan fingerprint density at radius 2 is 1.67 bits per heavy atom. The van der Waals surface area contributed by atoms with Crippen LogP contribution in [-0.2, 0) is 11.2 Å². The van der Waals surface area contributed by atoms with E-state index in [1.165, 1.54) is 24.8 Å². The van der Waals surface area contributed by atoms with E-state index in [-0.39, 0.29) is 11.8 Å². The van der Waals surface area contributed by atoms with Gasteiger partial charge in [-0.1, -0.05) is 31.5 Å². The monoisotopic (exact) mass is 405 g/mol. The number of likely N-dealkylation sites (tertiary alicyclic amines) is 1. The van der Waals surface area contributed by atoms with Crippen LogP contribution in [0.1, 0.15) is 48.5 Å². The van der Waals surface area contributed by atoms with Gasteiger partial charge in [-0.05, 0) is 73.3 Å². The van der Waals surface area contributed by atoms with E-state index in [4.69, 9.17) is 0 Å². The first-order valence-electron chi connectivity index (χ1n) is 11.2. The van der Waals surface area contributed by atoms with Crippen molar-refractivity contribution in [1.82, 2.24) is 10.2 Å². The summed E-state index contributed by atoms with van der Waals surface area (Å²) in [5.41, 5.74) is 5.15. The van der Waals surface area contributed by atoms with E-state index < -0.39 is 0 Å². The minimum atomic E-state index is -0.0127. The van der Waals surface area contributed by atoms with Gasteiger partial charge in [-0.2, -0.15) is 0 Å². The Labute approximate surface area is 179 Å². The molecule has 0 saturated carbocycles. The zero-order chi connectivity index (χ0) is 20.9. The molecule has 5 heteroatoms. The normalized spacial score (nSPS) is 16.4. The predicted octanol–water partition coefficient (Wildman–Crippen LogP) is 3.87. The van der Waals surface area contributed by atoms with Gasteiger partial charge in [-0.25, -0.2) is 0 Å². The van der Waals surface area contributed by atoms with Crippen molar-refractivity contribution in [2.24, 2.45) is 0 Å². The van der Waals surface area contributed by atoms with E-state index in [1.54, 1.807) is 0 Å². The molecule has 0 bridgehead atoms. The van der Waals surface area contributed by atoms with Crippen molar-refractivity contribution in [2.45, 2.75) is 39.0 Å². The van der Waals surface area contributed by atoms with Crippen LogP contribution in [0, 0.1) is 0 Å². The van der Waals surface area contributed by atoms with Gasteiger partial charge in [0.15, 0.2) is 0 Å². The summed E-state index contributed by atoms with van der Waals surface area (Å²) in [5.74, 6) is 0.165. The largest absolute Gasteiger partial charge is 0.351 e. The highest BCUT2D eigenvalue weighted by Gasteiger charge is 2.23. The molecule has 0 spiro atoms. The van der Waals surface area contributed by atoms with Gasteiger partial charge in [0.1, 0.15) is 0 Å². The second-order valence-corrected chi connectivity index (χ2v) is 8.23. The van der Waals surface area contributed by atoms with Gasteiger partial charge in [0.05, 0.1) is 0 Å². The summed E-state index contributed by atoms with van der Waals surface area (Å²) < 4.78 is 0. The number of fused-ring (bicyclic) bond motifs is 1. The van der Waals surface area contributed by atoms with Crippen molar-refractivity contribution in [3.63, 3.8) is 0 Å². The molecule has 1 saturated heterocycles. The molecule has 0 unspecified atom stereocenters. The third-order valence-corrected chi connectivity index (χ3v) is 6.22. The molecule has 2 amide bonds. The first kappa shape index (κ1) is 20.6. The fraction of sp³-hybridized carbons (Fsp3) is 0.440. The van der Waals surface area contributed by atoms with Gasteiger partial charge in [0.2, 0.25) is 5.91 Å². The molecule has 158 valence electrons. The molecule has 0 atom stereocenters. The van der Waals surface area contributed by atoms with Crippen molar-refractivity contribution in [3.8, 4) is 11.1 Å². The third-order valence-electron chi connectivity index (χ3n) is 6.22. The zero-order valence-electron chi connectivity index (χ0n) is 17.8. The van der Waals surface area contributed by atoms with Crippen LogP contribution >= 0.6 is 0 Å². The SMILES string of the molecule is CCC(=O)N1CCc2cc(-c3ccc(C(=O)NCCN4CCCCC4)cc3)ccc21. The van der Waals surface area contributed by atoms with Crippen LogP contribution in [0.25, 0.3) is 11.1 Å². The molecular weight excluding hydrogens is 374 g/mol. The van der Waals surface area contributed by atoms with E-state index in [2.05, 4.69) is 22.3 Å². The lowest BCUT2D eigenvalue weighted by atomic mass is 10.0. The highest BCUT2D eigenvalue weighted by Crippen LogP contribution is 2.32. The summed E-state index contributed by atoms with van der Waals surface area (Å²) in [6.07, 6.45) is 5.29. The molecule has 0 radical (unpaired) electrons. The molecule has 2 heterocycles. The Bertz CT molecular complexity index is 901. The van der Waals surface area contributed by atoms with Gasteiger partial charge in [-0.3, -0.25) is 9.59 Å². The average molecular weight is 406 g/mol. The van der Waals surface area contributed by atoms with E-state index in [0.717, 1.165) is 49.4 Å². The maximum absolute atomic E-state index is 12.4. The van der Waals surface area contributed by atoms with Gasteiger partial charge in [0.25, 0.3) is 5.91 Å². The van der Waals surface area contributed by atoms with Crippen molar-refractivity contribution < 1.29 is 9.59 Å². The second-order valence-electron chi connectivity index (χ2n) is 8.23. The molecular formula is C25H31N3O2. The van der Waals surface area contributed by atoms with Gasteiger partial charge < -0.3 is 15.1 Å². The van der Waals surface area contributed by atoms with Crippen molar-refractivity contribution in [1.29, 1.82) is 0 Å². The highest BCUT2D eigenvalue weighted by atomic mass is 16.2. The number of rotatable bonds is 6. The number of carbonyl (C=O) groups is 2. The molecule has 30 heavy (non-hydrogen) atoms. The third kappa shape index (κ3) is 4.57. The minimum absolute atomic E-state index is 0.0127. The zero-order valence-corrected chi connectivity index (χ0v) is 17.8. The van der Waals surface area contributed by atoms with Crippen LogP contribution in [0.4, 0.5) is 5.69 Å². The quantitative estimate of drug-likeness (QED) is 0.794. The number of hydrogen-bond donors (Lipinski definition) is 1. The van der Waals surface area contributed by atoms with E-state index in [1.807, 2.05) is 42.2 Å². The molecule has 0 aliphatic carbocycles. The standard InChI is InChI=1S/C25H31N3O2/c1-2-24(29)28-16-12-22-18-21(10-11-23(22)28)19-6-8-20(9-7-19)25(30)26-13-17-27-14-4-3-5-15-27/h6-11,18H,2-5,12-17H2,1H3,(H,26,30). The molecule has 2 aliphatic rings. The summed E-state index contributed by atoms with van der Waals surface area (Å²) in [6.45, 7) is 6.59. The Morgan fingerprint density at radius 3 is 2.40 bits per heavy atom. The number of amides is 2. The number of nitrogens with zero attached hydrogens (tertiary/aromatic N) is 2.